The topological polar surface area (TPSA) is 78.9 Å². The number of carbonyl (C=O) groups is 3. The first-order valence-electron chi connectivity index (χ1n) is 30.4. The summed E-state index contributed by atoms with van der Waals surface area (Å²) in [5, 5.41) is 0. The van der Waals surface area contributed by atoms with Gasteiger partial charge in [-0.15, -0.1) is 0 Å². The van der Waals surface area contributed by atoms with Crippen LogP contribution in [0.4, 0.5) is 0 Å². The lowest BCUT2D eigenvalue weighted by atomic mass is 10.0. The zero-order valence-electron chi connectivity index (χ0n) is 47.0. The first-order chi connectivity index (χ1) is 35.0. The van der Waals surface area contributed by atoms with Gasteiger partial charge in [-0.1, -0.05) is 273 Å². The maximum Gasteiger partial charge on any atom is 0.306 e. The molecule has 0 radical (unpaired) electrons. The molecule has 0 saturated carbocycles. The summed E-state index contributed by atoms with van der Waals surface area (Å²) in [6, 6.07) is 0. The van der Waals surface area contributed by atoms with Gasteiger partial charge in [0.25, 0.3) is 0 Å². The Morgan fingerprint density at radius 2 is 0.577 bits per heavy atom. The molecule has 0 aliphatic heterocycles. The van der Waals surface area contributed by atoms with Gasteiger partial charge in [0, 0.05) is 19.3 Å². The Morgan fingerprint density at radius 3 is 0.915 bits per heavy atom. The van der Waals surface area contributed by atoms with Gasteiger partial charge in [-0.25, -0.2) is 0 Å². The molecule has 0 spiro atoms. The molecule has 0 aliphatic rings. The van der Waals surface area contributed by atoms with E-state index in [2.05, 4.69) is 93.7 Å². The molecule has 71 heavy (non-hydrogen) atoms. The van der Waals surface area contributed by atoms with Crippen molar-refractivity contribution in [3.63, 3.8) is 0 Å². The smallest absolute Gasteiger partial charge is 0.306 e. The van der Waals surface area contributed by atoms with E-state index in [1.807, 2.05) is 0 Å². The van der Waals surface area contributed by atoms with Crippen LogP contribution in [0.1, 0.15) is 303 Å². The molecule has 410 valence electrons. The van der Waals surface area contributed by atoms with Crippen molar-refractivity contribution in [3.8, 4) is 0 Å². The lowest BCUT2D eigenvalue weighted by Gasteiger charge is -2.18. The first kappa shape index (κ1) is 67.8. The van der Waals surface area contributed by atoms with Crippen LogP contribution in [0.15, 0.2) is 72.9 Å². The molecule has 0 aromatic carbocycles. The van der Waals surface area contributed by atoms with E-state index in [0.29, 0.717) is 19.3 Å². The highest BCUT2D eigenvalue weighted by atomic mass is 16.6. The van der Waals surface area contributed by atoms with Crippen LogP contribution in [0, 0.1) is 0 Å². The minimum atomic E-state index is -0.793. The number of hydrogen-bond donors (Lipinski definition) is 0. The molecule has 0 fully saturated rings. The van der Waals surface area contributed by atoms with Gasteiger partial charge in [-0.2, -0.15) is 0 Å². The average molecular weight is 992 g/mol. The fourth-order valence-corrected chi connectivity index (χ4v) is 8.65. The third-order valence-electron chi connectivity index (χ3n) is 13.2. The average Bonchev–Trinajstić information content (AvgIpc) is 3.37. The number of ether oxygens (including phenoxy) is 3. The van der Waals surface area contributed by atoms with Crippen LogP contribution in [0.25, 0.3) is 0 Å². The monoisotopic (exact) mass is 991 g/mol. The molecule has 0 N–H and O–H groups in total. The largest absolute Gasteiger partial charge is 0.462 e. The molecule has 0 rings (SSSR count). The second-order valence-corrected chi connectivity index (χ2v) is 20.2. The summed E-state index contributed by atoms with van der Waals surface area (Å²) in [6.07, 6.45) is 76.2. The highest BCUT2D eigenvalue weighted by Gasteiger charge is 2.19. The van der Waals surface area contributed by atoms with E-state index in [0.717, 1.165) is 128 Å². The van der Waals surface area contributed by atoms with E-state index in [-0.39, 0.29) is 31.1 Å². The zero-order chi connectivity index (χ0) is 51.4. The van der Waals surface area contributed by atoms with Crippen molar-refractivity contribution in [2.24, 2.45) is 0 Å². The SMILES string of the molecule is CC/C=C\C/C=C\C/C=C\C/C=C\CCCCCCC(=O)OC(COC(=O)CCCCCCC/C=C\C/C=C\CCC)COC(=O)CCCCCCCCCCCCCCCCCCCCCCCCC. The molecular weight excluding hydrogens is 877 g/mol. The molecule has 1 atom stereocenters. The van der Waals surface area contributed by atoms with E-state index >= 15 is 0 Å². The zero-order valence-corrected chi connectivity index (χ0v) is 47.0. The molecule has 0 aliphatic carbocycles. The third-order valence-corrected chi connectivity index (χ3v) is 13.2. The molecule has 0 saturated heterocycles. The van der Waals surface area contributed by atoms with Crippen LogP contribution in [-0.2, 0) is 28.6 Å². The molecule has 0 bridgehead atoms. The van der Waals surface area contributed by atoms with Gasteiger partial charge in [0.2, 0.25) is 0 Å². The van der Waals surface area contributed by atoms with E-state index in [1.165, 1.54) is 135 Å². The number of carbonyl (C=O) groups excluding carboxylic acids is 3. The minimum Gasteiger partial charge on any atom is -0.462 e. The van der Waals surface area contributed by atoms with Crippen LogP contribution >= 0.6 is 0 Å². The van der Waals surface area contributed by atoms with E-state index in [9.17, 15) is 14.4 Å². The summed E-state index contributed by atoms with van der Waals surface area (Å²) >= 11 is 0. The van der Waals surface area contributed by atoms with Gasteiger partial charge in [-0.05, 0) is 83.5 Å². The minimum absolute atomic E-state index is 0.0877. The van der Waals surface area contributed by atoms with Crippen molar-refractivity contribution in [1.29, 1.82) is 0 Å². The van der Waals surface area contributed by atoms with Crippen LogP contribution in [0.3, 0.4) is 0 Å². The van der Waals surface area contributed by atoms with Crippen molar-refractivity contribution in [1.82, 2.24) is 0 Å². The Hall–Kier alpha value is -3.15. The molecule has 6 nitrogen and oxygen atoms in total. The molecule has 0 aromatic heterocycles. The molecule has 6 heteroatoms. The lowest BCUT2D eigenvalue weighted by molar-refractivity contribution is -0.167. The summed E-state index contributed by atoms with van der Waals surface area (Å²) in [6.45, 7) is 6.46. The van der Waals surface area contributed by atoms with Gasteiger partial charge in [0.1, 0.15) is 13.2 Å². The van der Waals surface area contributed by atoms with Crippen molar-refractivity contribution in [2.75, 3.05) is 13.2 Å². The van der Waals surface area contributed by atoms with E-state index in [4.69, 9.17) is 14.2 Å². The van der Waals surface area contributed by atoms with Gasteiger partial charge >= 0.3 is 17.9 Å². The quantitative estimate of drug-likeness (QED) is 0.0261. The summed E-state index contributed by atoms with van der Waals surface area (Å²) in [7, 11) is 0. The summed E-state index contributed by atoms with van der Waals surface area (Å²) < 4.78 is 16.9. The Bertz CT molecular complexity index is 1320. The Kier molecular flexibility index (Phi) is 56.8. The van der Waals surface area contributed by atoms with Gasteiger partial charge in [0.05, 0.1) is 0 Å². The van der Waals surface area contributed by atoms with Crippen LogP contribution in [0.2, 0.25) is 0 Å². The summed E-state index contributed by atoms with van der Waals surface area (Å²) in [5.74, 6) is -0.915. The predicted molar refractivity (Wildman–Crippen MR) is 307 cm³/mol. The molecular formula is C65H114O6. The Morgan fingerprint density at radius 1 is 0.296 bits per heavy atom. The van der Waals surface area contributed by atoms with Crippen molar-refractivity contribution >= 4 is 17.9 Å². The number of allylic oxidation sites excluding steroid dienone is 12. The van der Waals surface area contributed by atoms with E-state index in [1.54, 1.807) is 0 Å². The fraction of sp³-hybridized carbons (Fsp3) is 0.769. The first-order valence-corrected chi connectivity index (χ1v) is 30.4. The van der Waals surface area contributed by atoms with Gasteiger partial charge in [0.15, 0.2) is 6.10 Å². The predicted octanol–water partition coefficient (Wildman–Crippen LogP) is 20.5. The number of esters is 3. The fourth-order valence-electron chi connectivity index (χ4n) is 8.65. The highest BCUT2D eigenvalue weighted by molar-refractivity contribution is 5.71. The summed E-state index contributed by atoms with van der Waals surface area (Å²) in [5.41, 5.74) is 0. The maximum absolute atomic E-state index is 12.9. The second-order valence-electron chi connectivity index (χ2n) is 20.2. The van der Waals surface area contributed by atoms with E-state index < -0.39 is 6.10 Å². The lowest BCUT2D eigenvalue weighted by Crippen LogP contribution is -2.30. The Labute approximate surface area is 440 Å². The van der Waals surface area contributed by atoms with Crippen molar-refractivity contribution in [3.05, 3.63) is 72.9 Å². The number of hydrogen-bond acceptors (Lipinski definition) is 6. The van der Waals surface area contributed by atoms with Crippen molar-refractivity contribution in [2.45, 2.75) is 309 Å². The van der Waals surface area contributed by atoms with Gasteiger partial charge in [-0.3, -0.25) is 14.4 Å². The highest BCUT2D eigenvalue weighted by Crippen LogP contribution is 2.17. The van der Waals surface area contributed by atoms with Crippen LogP contribution in [-0.4, -0.2) is 37.2 Å². The Balaban J connectivity index is 4.32. The molecule has 0 aromatic rings. The molecule has 1 unspecified atom stereocenters. The van der Waals surface area contributed by atoms with Crippen LogP contribution in [0.5, 0.6) is 0 Å². The normalized spacial score (nSPS) is 12.5. The molecule has 0 amide bonds. The third kappa shape index (κ3) is 57.6. The maximum atomic E-state index is 12.9. The van der Waals surface area contributed by atoms with Crippen LogP contribution < -0.4 is 0 Å². The summed E-state index contributed by atoms with van der Waals surface area (Å²) in [4.78, 5) is 38.2. The van der Waals surface area contributed by atoms with Gasteiger partial charge < -0.3 is 14.2 Å². The van der Waals surface area contributed by atoms with Crippen molar-refractivity contribution < 1.29 is 28.6 Å². The second kappa shape index (κ2) is 59.4. The number of rotatable bonds is 55. The molecule has 0 heterocycles. The standard InChI is InChI=1S/C65H114O6/c1-4-7-10-13-16-19-22-25-27-29-30-31-32-33-34-36-37-40-43-46-49-52-55-58-64(67)70-61-62(60-69-63(66)57-54-51-48-45-42-39-24-21-18-15-12-9-6-3)71-65(68)59-56-53-50-47-44-41-38-35-28-26-23-20-17-14-11-8-5-2/h8,11-12,15,17,20-21,24,26,28,38,41,62H,4-7,9-10,13-14,16,18-19,22-23,25,27,29-37,39-40,42-61H2,1-3H3/b11-8-,15-12-,20-17-,24-21-,28-26-,41-38-. The number of unbranched alkanes of at least 4 members (excludes halogenated alkanes) is 32.